The van der Waals surface area contributed by atoms with Gasteiger partial charge < -0.3 is 15.7 Å². The van der Waals surface area contributed by atoms with E-state index in [4.69, 9.17) is 5.73 Å². The van der Waals surface area contributed by atoms with Crippen LogP contribution in [0.3, 0.4) is 0 Å². The van der Waals surface area contributed by atoms with Crippen molar-refractivity contribution in [3.8, 4) is 0 Å². The molecule has 0 spiro atoms. The quantitative estimate of drug-likeness (QED) is 0.270. The molecule has 7 nitrogen and oxygen atoms in total. The van der Waals surface area contributed by atoms with Crippen molar-refractivity contribution in [2.45, 2.75) is 22.7 Å². The summed E-state index contributed by atoms with van der Waals surface area (Å²) in [7, 11) is 6.28. The van der Waals surface area contributed by atoms with Gasteiger partial charge in [-0.25, -0.2) is 4.39 Å². The van der Waals surface area contributed by atoms with E-state index >= 15 is 0 Å². The molecule has 2 heterocycles. The summed E-state index contributed by atoms with van der Waals surface area (Å²) in [6.45, 7) is 0. The van der Waals surface area contributed by atoms with Crippen LogP contribution in [0.4, 0.5) is 10.1 Å². The van der Waals surface area contributed by atoms with Gasteiger partial charge in [-0.2, -0.15) is 0 Å². The van der Waals surface area contributed by atoms with Crippen LogP contribution in [0.25, 0.3) is 0 Å². The number of carbonyl (C=O) groups is 3. The van der Waals surface area contributed by atoms with Crippen LogP contribution in [0.15, 0.2) is 12.1 Å². The predicted molar refractivity (Wildman–Crippen MR) is 98.2 cm³/mol. The molecule has 1 saturated heterocycles. The van der Waals surface area contributed by atoms with Gasteiger partial charge in [0.1, 0.15) is 37.2 Å². The number of halogens is 1. The van der Waals surface area contributed by atoms with Crippen molar-refractivity contribution in [2.24, 2.45) is 0 Å². The number of nitrogens with zero attached hydrogens (tertiary/aromatic N) is 1. The van der Waals surface area contributed by atoms with E-state index in [1.807, 2.05) is 0 Å². The summed E-state index contributed by atoms with van der Waals surface area (Å²) in [5.74, 6) is -2.92. The second-order valence-electron chi connectivity index (χ2n) is 7.73. The van der Waals surface area contributed by atoms with Crippen LogP contribution in [0.5, 0.6) is 0 Å². The zero-order valence-corrected chi connectivity index (χ0v) is 14.4. The number of nitrogens with two attached hydrogens (primary N) is 1. The number of carbonyl (C=O) groups excluding carboxylic acids is 3. The van der Waals surface area contributed by atoms with E-state index in [0.29, 0.717) is 5.56 Å². The van der Waals surface area contributed by atoms with Crippen LogP contribution in [0.1, 0.15) is 22.3 Å². The summed E-state index contributed by atoms with van der Waals surface area (Å²) >= 11 is 0. The molecule has 4 N–H and O–H groups in total. The monoisotopic (exact) mass is 341 g/mol. The largest absolute Gasteiger partial charge is 0.398 e. The third kappa shape index (κ3) is 2.09. The summed E-state index contributed by atoms with van der Waals surface area (Å²) in [6.07, 6.45) is -0.157. The van der Waals surface area contributed by atoms with E-state index in [0.717, 1.165) is 17.0 Å². The smallest absolute Gasteiger partial charge is 0.279 e. The number of imide groups is 1. The Labute approximate surface area is 147 Å². The van der Waals surface area contributed by atoms with E-state index < -0.39 is 39.8 Å². The van der Waals surface area contributed by atoms with Crippen LogP contribution in [-0.2, 0) is 14.9 Å². The Hall–Kier alpha value is -2.22. The van der Waals surface area contributed by atoms with Gasteiger partial charge in [0, 0.05) is 23.0 Å². The zero-order chi connectivity index (χ0) is 18.9. The van der Waals surface area contributed by atoms with E-state index in [9.17, 15) is 23.9 Å². The number of hydrogen-bond acceptors (Lipinski definition) is 5. The third-order valence-electron chi connectivity index (χ3n) is 5.18. The molecule has 1 atom stereocenters. The van der Waals surface area contributed by atoms with Crippen molar-refractivity contribution in [2.75, 3.05) is 5.73 Å². The molecule has 1 aromatic rings. The van der Waals surface area contributed by atoms with Crippen LogP contribution < -0.4 is 11.1 Å². The normalized spacial score (nSPS) is 27.1. The van der Waals surface area contributed by atoms with Crippen molar-refractivity contribution < 1.29 is 23.9 Å². The Morgan fingerprint density at radius 1 is 1.20 bits per heavy atom. The minimum Gasteiger partial charge on any atom is -0.398 e. The predicted octanol–water partition coefficient (Wildman–Crippen LogP) is -4.64. The molecule has 2 aliphatic heterocycles. The second kappa shape index (κ2) is 4.91. The standard InChI is InChI=1S/C13H16B4FN3O4/c14-11(15)3-7(22)20-10(24)12(11,25)21-9(23)5-1-4(18)2-6(19)8(5)13(21,16)17/h1-2,25H,3,14-17,19H2,(H,20,22,24)/t12-/m0/s1. The molecule has 0 radical (unpaired) electrons. The molecule has 0 saturated carbocycles. The summed E-state index contributed by atoms with van der Waals surface area (Å²) in [5.41, 5.74) is 4.01. The first-order valence-electron chi connectivity index (χ1n) is 7.85. The number of hydrogen-bond donors (Lipinski definition) is 3. The van der Waals surface area contributed by atoms with Crippen molar-refractivity contribution in [3.63, 3.8) is 0 Å². The minimum atomic E-state index is -2.30. The number of rotatable bonds is 1. The molecule has 3 amide bonds. The highest BCUT2D eigenvalue weighted by atomic mass is 19.1. The molecule has 0 aromatic heterocycles. The molecular formula is C13H16B4FN3O4. The fourth-order valence-electron chi connectivity index (χ4n) is 4.01. The maximum absolute atomic E-state index is 13.8. The molecule has 1 fully saturated rings. The Kier molecular flexibility index (Phi) is 3.45. The number of benzene rings is 1. The lowest BCUT2D eigenvalue weighted by atomic mass is 9.44. The number of nitrogens with one attached hydrogen (secondary N) is 1. The summed E-state index contributed by atoms with van der Waals surface area (Å²) in [5, 5.41) is 11.0. The summed E-state index contributed by atoms with van der Waals surface area (Å²) in [4.78, 5) is 38.3. The Morgan fingerprint density at radius 3 is 2.36 bits per heavy atom. The highest BCUT2D eigenvalue weighted by Gasteiger charge is 2.64. The summed E-state index contributed by atoms with van der Waals surface area (Å²) in [6, 6.07) is 2.13. The SMILES string of the molecule is BC1(B)c2c(N)cc(F)cc2C(=O)N1[C@]1(O)C(=O)NC(=O)CC1(B)B. The first kappa shape index (κ1) is 17.6. The number of aliphatic hydroxyl groups is 1. The van der Waals surface area contributed by atoms with Gasteiger partial charge in [-0.15, -0.1) is 0 Å². The highest BCUT2D eigenvalue weighted by molar-refractivity contribution is 6.47. The molecule has 0 bridgehead atoms. The number of anilines is 1. The number of piperidine rings is 1. The first-order valence-corrected chi connectivity index (χ1v) is 7.85. The van der Waals surface area contributed by atoms with Crippen LogP contribution in [-0.4, -0.2) is 64.8 Å². The van der Waals surface area contributed by atoms with Gasteiger partial charge in [0.2, 0.25) is 11.6 Å². The topological polar surface area (TPSA) is 113 Å². The molecular weight excluding hydrogens is 324 g/mol. The van der Waals surface area contributed by atoms with Gasteiger partial charge in [-0.1, -0.05) is 0 Å². The van der Waals surface area contributed by atoms with Crippen molar-refractivity contribution in [3.05, 3.63) is 29.1 Å². The van der Waals surface area contributed by atoms with Gasteiger partial charge in [0.05, 0.1) is 0 Å². The minimum absolute atomic E-state index is 0.00331. The van der Waals surface area contributed by atoms with Crippen molar-refractivity contribution in [1.82, 2.24) is 10.2 Å². The number of nitrogen functional groups attached to an aromatic ring is 1. The summed E-state index contributed by atoms with van der Waals surface area (Å²) < 4.78 is 13.8. The van der Waals surface area contributed by atoms with Crippen molar-refractivity contribution >= 4 is 54.8 Å². The second-order valence-corrected chi connectivity index (χ2v) is 7.73. The maximum Gasteiger partial charge on any atom is 0.279 e. The zero-order valence-electron chi connectivity index (χ0n) is 14.4. The van der Waals surface area contributed by atoms with Gasteiger partial charge >= 0.3 is 0 Å². The van der Waals surface area contributed by atoms with E-state index in [-0.39, 0.29) is 17.7 Å². The lowest BCUT2D eigenvalue weighted by Gasteiger charge is -2.53. The van der Waals surface area contributed by atoms with E-state index in [1.165, 1.54) is 15.7 Å². The molecule has 25 heavy (non-hydrogen) atoms. The van der Waals surface area contributed by atoms with Crippen LogP contribution in [0.2, 0.25) is 5.21 Å². The van der Waals surface area contributed by atoms with E-state index in [1.54, 1.807) is 15.7 Å². The van der Waals surface area contributed by atoms with Crippen LogP contribution >= 0.6 is 0 Å². The van der Waals surface area contributed by atoms with E-state index in [2.05, 4.69) is 5.32 Å². The molecule has 1 aromatic carbocycles. The fraction of sp³-hybridized carbons (Fsp3) is 0.308. The molecule has 0 aliphatic carbocycles. The van der Waals surface area contributed by atoms with Gasteiger partial charge in [0.25, 0.3) is 11.8 Å². The molecule has 126 valence electrons. The molecule has 12 heteroatoms. The van der Waals surface area contributed by atoms with Gasteiger partial charge in [-0.3, -0.25) is 19.7 Å². The average Bonchev–Trinajstić information content (AvgIpc) is 2.62. The Morgan fingerprint density at radius 2 is 1.80 bits per heavy atom. The number of amides is 3. The lowest BCUT2D eigenvalue weighted by Crippen LogP contribution is -2.74. The highest BCUT2D eigenvalue weighted by Crippen LogP contribution is 2.50. The number of fused-ring (bicyclic) bond motifs is 1. The maximum atomic E-state index is 13.8. The fourth-order valence-corrected chi connectivity index (χ4v) is 4.01. The Bertz CT molecular complexity index is 847. The molecule has 0 unspecified atom stereocenters. The molecule has 3 rings (SSSR count). The third-order valence-corrected chi connectivity index (χ3v) is 5.18. The average molecular weight is 341 g/mol. The lowest BCUT2D eigenvalue weighted by molar-refractivity contribution is -0.173. The van der Waals surface area contributed by atoms with Crippen LogP contribution in [0, 0.1) is 5.82 Å². The van der Waals surface area contributed by atoms with Gasteiger partial charge in [0.15, 0.2) is 0 Å². The molecule has 2 aliphatic rings. The first-order chi connectivity index (χ1) is 11.3. The van der Waals surface area contributed by atoms with Gasteiger partial charge in [-0.05, 0) is 22.9 Å². The van der Waals surface area contributed by atoms with Crippen molar-refractivity contribution in [1.29, 1.82) is 0 Å². The Balaban J connectivity index is 2.25.